The van der Waals surface area contributed by atoms with Crippen molar-refractivity contribution < 1.29 is 9.53 Å². The molecule has 1 aliphatic heterocycles. The first kappa shape index (κ1) is 14.5. The number of Topliss-reactive ketones (excluding diaryl/α,β-unsaturated/α-hetero) is 1. The number of fused-ring (bicyclic) bond motifs is 1. The van der Waals surface area contributed by atoms with Crippen LogP contribution in [0.25, 0.3) is 6.08 Å². The summed E-state index contributed by atoms with van der Waals surface area (Å²) in [6, 6.07) is 13.6. The van der Waals surface area contributed by atoms with Crippen molar-refractivity contribution in [1.29, 1.82) is 0 Å². The van der Waals surface area contributed by atoms with Crippen molar-refractivity contribution in [2.45, 2.75) is 12.9 Å². The third-order valence-corrected chi connectivity index (χ3v) is 3.61. The molecule has 2 aromatic rings. The van der Waals surface area contributed by atoms with Crippen LogP contribution < -0.4 is 10.1 Å². The van der Waals surface area contributed by atoms with Crippen LogP contribution >= 0.6 is 0 Å². The molecule has 2 radical (unpaired) electrons. The second-order valence-electron chi connectivity index (χ2n) is 5.08. The SMILES string of the molecule is [B]CC(=O)c1ccc(OCc2ccccc2)c2c1C=CCN2. The Labute approximate surface area is 131 Å². The van der Waals surface area contributed by atoms with Gasteiger partial charge in [0.1, 0.15) is 12.4 Å². The van der Waals surface area contributed by atoms with Gasteiger partial charge in [-0.15, -0.1) is 0 Å². The molecule has 22 heavy (non-hydrogen) atoms. The summed E-state index contributed by atoms with van der Waals surface area (Å²) in [4.78, 5) is 11.9. The summed E-state index contributed by atoms with van der Waals surface area (Å²) < 4.78 is 5.92. The van der Waals surface area contributed by atoms with Gasteiger partial charge in [0.25, 0.3) is 0 Å². The normalized spacial score (nSPS) is 12.4. The summed E-state index contributed by atoms with van der Waals surface area (Å²) in [5.41, 5.74) is 3.45. The number of carbonyl (C=O) groups excluding carboxylic acids is 1. The lowest BCUT2D eigenvalue weighted by atomic mass is 9.91. The molecular weight excluding hydrogens is 273 g/mol. The number of ketones is 1. The maximum Gasteiger partial charge on any atom is 0.155 e. The summed E-state index contributed by atoms with van der Waals surface area (Å²) >= 11 is 0. The standard InChI is InChI=1S/C18H16BNO2/c19-11-16(21)14-8-9-17(18-15(14)7-4-10-20-18)22-12-13-5-2-1-3-6-13/h1-9,20H,10-12H2. The highest BCUT2D eigenvalue weighted by molar-refractivity contribution is 6.25. The predicted octanol–water partition coefficient (Wildman–Crippen LogP) is 3.47. The van der Waals surface area contributed by atoms with Gasteiger partial charge < -0.3 is 10.1 Å². The maximum absolute atomic E-state index is 11.9. The number of benzene rings is 2. The second kappa shape index (κ2) is 6.52. The summed E-state index contributed by atoms with van der Waals surface area (Å²) in [7, 11) is 5.48. The molecule has 0 atom stereocenters. The molecule has 0 unspecified atom stereocenters. The van der Waals surface area contributed by atoms with E-state index < -0.39 is 0 Å². The number of hydrogen-bond acceptors (Lipinski definition) is 3. The van der Waals surface area contributed by atoms with Gasteiger partial charge in [-0.2, -0.15) is 0 Å². The van der Waals surface area contributed by atoms with Gasteiger partial charge in [0.05, 0.1) is 13.5 Å². The molecule has 3 rings (SSSR count). The minimum absolute atomic E-state index is 0.00446. The molecule has 0 amide bonds. The van der Waals surface area contributed by atoms with E-state index in [1.54, 1.807) is 6.07 Å². The monoisotopic (exact) mass is 289 g/mol. The minimum Gasteiger partial charge on any atom is -0.487 e. The second-order valence-corrected chi connectivity index (χ2v) is 5.08. The molecule has 1 heterocycles. The van der Waals surface area contributed by atoms with Crippen LogP contribution in [0.4, 0.5) is 5.69 Å². The molecule has 108 valence electrons. The smallest absolute Gasteiger partial charge is 0.155 e. The summed E-state index contributed by atoms with van der Waals surface area (Å²) in [6.07, 6.45) is 3.94. The zero-order valence-electron chi connectivity index (χ0n) is 12.2. The fraction of sp³-hybridized carbons (Fsp3) is 0.167. The van der Waals surface area contributed by atoms with Crippen molar-refractivity contribution in [3.05, 3.63) is 65.2 Å². The van der Waals surface area contributed by atoms with Crippen molar-refractivity contribution in [2.24, 2.45) is 0 Å². The van der Waals surface area contributed by atoms with Crippen LogP contribution in [0.2, 0.25) is 6.32 Å². The van der Waals surface area contributed by atoms with Crippen LogP contribution in [0.5, 0.6) is 5.75 Å². The molecular formula is C18H16BNO2. The Hall–Kier alpha value is -2.49. The van der Waals surface area contributed by atoms with Gasteiger partial charge in [-0.1, -0.05) is 42.5 Å². The number of rotatable bonds is 5. The molecule has 0 saturated carbocycles. The highest BCUT2D eigenvalue weighted by atomic mass is 16.5. The first-order valence-corrected chi connectivity index (χ1v) is 7.27. The molecule has 3 nitrogen and oxygen atoms in total. The largest absolute Gasteiger partial charge is 0.487 e. The molecule has 0 spiro atoms. The van der Waals surface area contributed by atoms with Crippen molar-refractivity contribution in [1.82, 2.24) is 0 Å². The number of hydrogen-bond donors (Lipinski definition) is 1. The van der Waals surface area contributed by atoms with Gasteiger partial charge in [0.15, 0.2) is 5.78 Å². The van der Waals surface area contributed by atoms with E-state index in [0.29, 0.717) is 12.2 Å². The van der Waals surface area contributed by atoms with Gasteiger partial charge in [0.2, 0.25) is 0 Å². The molecule has 1 aliphatic rings. The van der Waals surface area contributed by atoms with Gasteiger partial charge >= 0.3 is 0 Å². The van der Waals surface area contributed by atoms with Gasteiger partial charge in [-0.3, -0.25) is 4.79 Å². The van der Waals surface area contributed by atoms with E-state index in [-0.39, 0.29) is 12.1 Å². The van der Waals surface area contributed by atoms with Crippen LogP contribution in [0, 0.1) is 0 Å². The molecule has 2 aromatic carbocycles. The zero-order chi connectivity index (χ0) is 15.4. The van der Waals surface area contributed by atoms with E-state index in [2.05, 4.69) is 5.32 Å². The molecule has 0 aliphatic carbocycles. The highest BCUT2D eigenvalue weighted by Gasteiger charge is 2.17. The highest BCUT2D eigenvalue weighted by Crippen LogP contribution is 2.35. The fourth-order valence-corrected chi connectivity index (χ4v) is 2.50. The first-order valence-electron chi connectivity index (χ1n) is 7.27. The van der Waals surface area contributed by atoms with E-state index in [9.17, 15) is 4.79 Å². The quantitative estimate of drug-likeness (QED) is 0.676. The van der Waals surface area contributed by atoms with Crippen molar-refractivity contribution in [3.63, 3.8) is 0 Å². The number of carbonyl (C=O) groups is 1. The van der Waals surface area contributed by atoms with Crippen molar-refractivity contribution in [3.8, 4) is 5.75 Å². The van der Waals surface area contributed by atoms with Crippen LogP contribution in [0.15, 0.2) is 48.5 Å². The lowest BCUT2D eigenvalue weighted by molar-refractivity contribution is 0.101. The van der Waals surface area contributed by atoms with E-state index in [4.69, 9.17) is 12.6 Å². The van der Waals surface area contributed by atoms with Crippen LogP contribution in [-0.4, -0.2) is 20.2 Å². The van der Waals surface area contributed by atoms with Crippen molar-refractivity contribution in [2.75, 3.05) is 11.9 Å². The van der Waals surface area contributed by atoms with E-state index >= 15 is 0 Å². The minimum atomic E-state index is -0.0702. The Morgan fingerprint density at radius 3 is 2.77 bits per heavy atom. The predicted molar refractivity (Wildman–Crippen MR) is 89.6 cm³/mol. The summed E-state index contributed by atoms with van der Waals surface area (Å²) in [5, 5.41) is 3.28. The molecule has 1 N–H and O–H groups in total. The van der Waals surface area contributed by atoms with Crippen LogP contribution in [0.1, 0.15) is 21.5 Å². The number of ether oxygens (including phenoxy) is 1. The van der Waals surface area contributed by atoms with Crippen LogP contribution in [0.3, 0.4) is 0 Å². The molecule has 0 bridgehead atoms. The van der Waals surface area contributed by atoms with Gasteiger partial charge in [0, 0.05) is 17.7 Å². The third kappa shape index (κ3) is 2.91. The van der Waals surface area contributed by atoms with E-state index in [1.807, 2.05) is 48.6 Å². The Morgan fingerprint density at radius 2 is 2.00 bits per heavy atom. The number of anilines is 1. The Morgan fingerprint density at radius 1 is 1.18 bits per heavy atom. The molecule has 4 heteroatoms. The Bertz CT molecular complexity index is 711. The lowest BCUT2D eigenvalue weighted by Crippen LogP contribution is -2.11. The zero-order valence-corrected chi connectivity index (χ0v) is 12.2. The summed E-state index contributed by atoms with van der Waals surface area (Å²) in [6.45, 7) is 1.21. The molecule has 0 saturated heterocycles. The first-order chi connectivity index (χ1) is 10.8. The fourth-order valence-electron chi connectivity index (χ4n) is 2.50. The van der Waals surface area contributed by atoms with E-state index in [0.717, 1.165) is 29.1 Å². The molecule has 0 aromatic heterocycles. The third-order valence-electron chi connectivity index (χ3n) is 3.61. The summed E-state index contributed by atoms with van der Waals surface area (Å²) in [5.74, 6) is 0.677. The Balaban J connectivity index is 1.89. The van der Waals surface area contributed by atoms with E-state index in [1.165, 1.54) is 0 Å². The maximum atomic E-state index is 11.9. The van der Waals surface area contributed by atoms with Crippen LogP contribution in [-0.2, 0) is 6.61 Å². The average Bonchev–Trinajstić information content (AvgIpc) is 2.60. The Kier molecular flexibility index (Phi) is 4.28. The van der Waals surface area contributed by atoms with Crippen molar-refractivity contribution >= 4 is 25.4 Å². The van der Waals surface area contributed by atoms with Gasteiger partial charge in [-0.05, 0) is 24.0 Å². The lowest BCUT2D eigenvalue weighted by Gasteiger charge is -2.20. The topological polar surface area (TPSA) is 38.3 Å². The van der Waals surface area contributed by atoms with Gasteiger partial charge in [-0.25, -0.2) is 0 Å². The average molecular weight is 289 g/mol. The number of nitrogens with one attached hydrogen (secondary N) is 1. The molecule has 0 fully saturated rings.